The van der Waals surface area contributed by atoms with Crippen LogP contribution in [0.1, 0.15) is 18.3 Å². The standard InChI is InChI=1S/C15H20FN3/c1-12(11-19-8-7-18-13(19)2)9-17-10-14-5-3-4-6-15(14)16/h3-8,12,17H,9-11H2,1-2H3. The van der Waals surface area contributed by atoms with Gasteiger partial charge in [-0.3, -0.25) is 0 Å². The lowest BCUT2D eigenvalue weighted by molar-refractivity contribution is 0.437. The molecule has 0 bridgehead atoms. The van der Waals surface area contributed by atoms with Crippen LogP contribution in [0.5, 0.6) is 0 Å². The van der Waals surface area contributed by atoms with Crippen molar-refractivity contribution in [2.75, 3.05) is 6.54 Å². The van der Waals surface area contributed by atoms with Crippen LogP contribution < -0.4 is 5.32 Å². The summed E-state index contributed by atoms with van der Waals surface area (Å²) in [6.45, 7) is 6.52. The van der Waals surface area contributed by atoms with E-state index in [9.17, 15) is 4.39 Å². The van der Waals surface area contributed by atoms with Crippen LogP contribution >= 0.6 is 0 Å². The van der Waals surface area contributed by atoms with Crippen LogP contribution in [0.25, 0.3) is 0 Å². The minimum atomic E-state index is -0.145. The highest BCUT2D eigenvalue weighted by Gasteiger charge is 2.06. The van der Waals surface area contributed by atoms with Gasteiger partial charge in [0.25, 0.3) is 0 Å². The molecule has 102 valence electrons. The van der Waals surface area contributed by atoms with Crippen LogP contribution in [0.4, 0.5) is 4.39 Å². The molecule has 1 N–H and O–H groups in total. The normalized spacial score (nSPS) is 12.6. The van der Waals surface area contributed by atoms with E-state index in [2.05, 4.69) is 21.8 Å². The lowest BCUT2D eigenvalue weighted by Gasteiger charge is -2.14. The van der Waals surface area contributed by atoms with Crippen molar-refractivity contribution < 1.29 is 4.39 Å². The van der Waals surface area contributed by atoms with Crippen molar-refractivity contribution in [3.63, 3.8) is 0 Å². The first-order valence-corrected chi connectivity index (χ1v) is 6.58. The Bertz CT molecular complexity index is 522. The molecule has 1 aromatic carbocycles. The summed E-state index contributed by atoms with van der Waals surface area (Å²) in [5, 5.41) is 3.30. The summed E-state index contributed by atoms with van der Waals surface area (Å²) >= 11 is 0. The van der Waals surface area contributed by atoms with Gasteiger partial charge in [-0.2, -0.15) is 0 Å². The second-order valence-corrected chi connectivity index (χ2v) is 4.95. The summed E-state index contributed by atoms with van der Waals surface area (Å²) in [4.78, 5) is 4.20. The molecular weight excluding hydrogens is 241 g/mol. The predicted octanol–water partition coefficient (Wildman–Crippen LogP) is 2.76. The van der Waals surface area contributed by atoms with Gasteiger partial charge in [-0.05, 0) is 25.5 Å². The SMILES string of the molecule is Cc1nccn1CC(C)CNCc1ccccc1F. The van der Waals surface area contributed by atoms with E-state index in [0.717, 1.165) is 18.9 Å². The third kappa shape index (κ3) is 3.89. The van der Waals surface area contributed by atoms with E-state index >= 15 is 0 Å². The first kappa shape index (κ1) is 13.7. The number of nitrogens with zero attached hydrogens (tertiary/aromatic N) is 2. The molecule has 0 aliphatic rings. The quantitative estimate of drug-likeness (QED) is 0.866. The largest absolute Gasteiger partial charge is 0.335 e. The molecule has 0 saturated carbocycles. The Morgan fingerprint density at radius 2 is 2.16 bits per heavy atom. The molecule has 3 nitrogen and oxygen atoms in total. The van der Waals surface area contributed by atoms with Gasteiger partial charge < -0.3 is 9.88 Å². The van der Waals surface area contributed by atoms with Crippen molar-refractivity contribution in [2.45, 2.75) is 26.9 Å². The van der Waals surface area contributed by atoms with E-state index < -0.39 is 0 Å². The van der Waals surface area contributed by atoms with E-state index in [1.807, 2.05) is 31.5 Å². The molecule has 0 aliphatic carbocycles. The molecule has 2 rings (SSSR count). The van der Waals surface area contributed by atoms with Crippen molar-refractivity contribution in [2.24, 2.45) is 5.92 Å². The van der Waals surface area contributed by atoms with E-state index in [-0.39, 0.29) is 5.82 Å². The van der Waals surface area contributed by atoms with Crippen molar-refractivity contribution in [3.8, 4) is 0 Å². The fourth-order valence-corrected chi connectivity index (χ4v) is 2.09. The van der Waals surface area contributed by atoms with Crippen LogP contribution in [0.15, 0.2) is 36.7 Å². The molecule has 0 fully saturated rings. The molecule has 1 unspecified atom stereocenters. The predicted molar refractivity (Wildman–Crippen MR) is 74.2 cm³/mol. The Morgan fingerprint density at radius 3 is 2.84 bits per heavy atom. The summed E-state index contributed by atoms with van der Waals surface area (Å²) in [5.74, 6) is 1.36. The van der Waals surface area contributed by atoms with Gasteiger partial charge in [-0.25, -0.2) is 9.37 Å². The molecule has 1 heterocycles. The average molecular weight is 261 g/mol. The van der Waals surface area contributed by atoms with Crippen molar-refractivity contribution in [1.29, 1.82) is 0 Å². The Labute approximate surface area is 113 Å². The first-order chi connectivity index (χ1) is 9.16. The number of nitrogens with one attached hydrogen (secondary N) is 1. The summed E-state index contributed by atoms with van der Waals surface area (Å²) in [6.07, 6.45) is 3.80. The monoisotopic (exact) mass is 261 g/mol. The van der Waals surface area contributed by atoms with Gasteiger partial charge in [0.15, 0.2) is 0 Å². The summed E-state index contributed by atoms with van der Waals surface area (Å²) in [6, 6.07) is 6.88. The maximum Gasteiger partial charge on any atom is 0.127 e. The Morgan fingerprint density at radius 1 is 1.37 bits per heavy atom. The second-order valence-electron chi connectivity index (χ2n) is 4.95. The molecule has 19 heavy (non-hydrogen) atoms. The van der Waals surface area contributed by atoms with Gasteiger partial charge in [0.1, 0.15) is 11.6 Å². The Balaban J connectivity index is 1.77. The van der Waals surface area contributed by atoms with Crippen LogP contribution in [0, 0.1) is 18.7 Å². The average Bonchev–Trinajstić information content (AvgIpc) is 2.77. The molecule has 0 saturated heterocycles. The van der Waals surface area contributed by atoms with E-state index in [0.29, 0.717) is 18.0 Å². The number of aromatic nitrogens is 2. The van der Waals surface area contributed by atoms with Crippen LogP contribution in [-0.4, -0.2) is 16.1 Å². The molecule has 0 aliphatic heterocycles. The van der Waals surface area contributed by atoms with Gasteiger partial charge in [0.05, 0.1) is 0 Å². The topological polar surface area (TPSA) is 29.9 Å². The zero-order chi connectivity index (χ0) is 13.7. The zero-order valence-corrected chi connectivity index (χ0v) is 11.4. The molecule has 1 atom stereocenters. The third-order valence-corrected chi connectivity index (χ3v) is 3.20. The van der Waals surface area contributed by atoms with E-state index in [1.54, 1.807) is 6.07 Å². The van der Waals surface area contributed by atoms with Crippen LogP contribution in [0.2, 0.25) is 0 Å². The maximum absolute atomic E-state index is 13.4. The molecule has 1 aromatic heterocycles. The number of rotatable bonds is 6. The van der Waals surface area contributed by atoms with Gasteiger partial charge >= 0.3 is 0 Å². The lowest BCUT2D eigenvalue weighted by atomic mass is 10.1. The third-order valence-electron chi connectivity index (χ3n) is 3.20. The minimum Gasteiger partial charge on any atom is -0.335 e. The number of halogens is 1. The fourth-order valence-electron chi connectivity index (χ4n) is 2.09. The summed E-state index contributed by atoms with van der Waals surface area (Å²) in [7, 11) is 0. The summed E-state index contributed by atoms with van der Waals surface area (Å²) in [5.41, 5.74) is 0.716. The molecule has 0 spiro atoms. The smallest absolute Gasteiger partial charge is 0.127 e. The van der Waals surface area contributed by atoms with Crippen LogP contribution in [-0.2, 0) is 13.1 Å². The molecule has 0 amide bonds. The Hall–Kier alpha value is -1.68. The van der Waals surface area contributed by atoms with Gasteiger partial charge in [0, 0.05) is 31.0 Å². The maximum atomic E-state index is 13.4. The van der Waals surface area contributed by atoms with Crippen molar-refractivity contribution in [3.05, 3.63) is 53.9 Å². The zero-order valence-electron chi connectivity index (χ0n) is 11.4. The second kappa shape index (κ2) is 6.48. The van der Waals surface area contributed by atoms with Crippen molar-refractivity contribution >= 4 is 0 Å². The number of aryl methyl sites for hydroxylation is 1. The lowest BCUT2D eigenvalue weighted by Crippen LogP contribution is -2.24. The highest BCUT2D eigenvalue weighted by molar-refractivity contribution is 5.16. The summed E-state index contributed by atoms with van der Waals surface area (Å²) < 4.78 is 15.6. The molecule has 4 heteroatoms. The highest BCUT2D eigenvalue weighted by Crippen LogP contribution is 2.07. The molecular formula is C15H20FN3. The van der Waals surface area contributed by atoms with E-state index in [4.69, 9.17) is 0 Å². The number of imidazole rings is 1. The number of benzene rings is 1. The van der Waals surface area contributed by atoms with Crippen LogP contribution in [0.3, 0.4) is 0 Å². The first-order valence-electron chi connectivity index (χ1n) is 6.58. The molecule has 0 radical (unpaired) electrons. The number of hydrogen-bond acceptors (Lipinski definition) is 2. The van der Waals surface area contributed by atoms with Crippen molar-refractivity contribution in [1.82, 2.24) is 14.9 Å². The number of hydrogen-bond donors (Lipinski definition) is 1. The fraction of sp³-hybridized carbons (Fsp3) is 0.400. The van der Waals surface area contributed by atoms with Gasteiger partial charge in [0.2, 0.25) is 0 Å². The Kier molecular flexibility index (Phi) is 4.68. The minimum absolute atomic E-state index is 0.145. The molecule has 2 aromatic rings. The van der Waals surface area contributed by atoms with Gasteiger partial charge in [-0.15, -0.1) is 0 Å². The van der Waals surface area contributed by atoms with Gasteiger partial charge in [-0.1, -0.05) is 25.1 Å². The van der Waals surface area contributed by atoms with E-state index in [1.165, 1.54) is 6.07 Å². The highest BCUT2D eigenvalue weighted by atomic mass is 19.1.